The molecule has 0 spiro atoms. The molecule has 5 nitrogen and oxygen atoms in total. The number of ether oxygens (including phenoxy) is 1. The Bertz CT molecular complexity index is 522. The SMILES string of the molecule is Cc1ccc(O[C@H]2CCC[C@H](C(=O)O)C2)c(C#N)n1. The lowest BCUT2D eigenvalue weighted by atomic mass is 9.87. The summed E-state index contributed by atoms with van der Waals surface area (Å²) in [5.74, 6) is -0.664. The van der Waals surface area contributed by atoms with E-state index in [0.717, 1.165) is 18.5 Å². The first-order valence-electron chi connectivity index (χ1n) is 6.37. The van der Waals surface area contributed by atoms with Crippen molar-refractivity contribution in [2.45, 2.75) is 38.7 Å². The molecular formula is C14H16N2O3. The van der Waals surface area contributed by atoms with Crippen molar-refractivity contribution in [3.63, 3.8) is 0 Å². The molecule has 1 aliphatic rings. The molecule has 2 atom stereocenters. The molecule has 1 aliphatic carbocycles. The van der Waals surface area contributed by atoms with Gasteiger partial charge in [-0.15, -0.1) is 0 Å². The Kier molecular flexibility index (Phi) is 4.00. The second-order valence-electron chi connectivity index (χ2n) is 4.85. The van der Waals surface area contributed by atoms with Gasteiger partial charge >= 0.3 is 5.97 Å². The summed E-state index contributed by atoms with van der Waals surface area (Å²) in [4.78, 5) is 15.1. The Balaban J connectivity index is 2.09. The van der Waals surface area contributed by atoms with Gasteiger partial charge < -0.3 is 9.84 Å². The predicted molar refractivity (Wildman–Crippen MR) is 67.7 cm³/mol. The maximum atomic E-state index is 11.0. The highest BCUT2D eigenvalue weighted by atomic mass is 16.5. The molecule has 100 valence electrons. The van der Waals surface area contributed by atoms with Crippen LogP contribution in [0.25, 0.3) is 0 Å². The molecule has 1 heterocycles. The standard InChI is InChI=1S/C14H16N2O3/c1-9-5-6-13(12(8-15)16-9)19-11-4-2-3-10(7-11)14(17)18/h5-6,10-11H,2-4,7H2,1H3,(H,17,18)/t10-,11-/m0/s1. The summed E-state index contributed by atoms with van der Waals surface area (Å²) in [6.45, 7) is 1.81. The van der Waals surface area contributed by atoms with E-state index in [1.165, 1.54) is 0 Å². The lowest BCUT2D eigenvalue weighted by Gasteiger charge is -2.27. The van der Waals surface area contributed by atoms with Gasteiger partial charge in [0.1, 0.15) is 6.07 Å². The van der Waals surface area contributed by atoms with Gasteiger partial charge in [-0.05, 0) is 44.7 Å². The predicted octanol–water partition coefficient (Wildman–Crippen LogP) is 2.28. The molecular weight excluding hydrogens is 244 g/mol. The lowest BCUT2D eigenvalue weighted by molar-refractivity contribution is -0.143. The fraction of sp³-hybridized carbons (Fsp3) is 0.500. The number of nitriles is 1. The summed E-state index contributed by atoms with van der Waals surface area (Å²) in [7, 11) is 0. The van der Waals surface area contributed by atoms with E-state index in [4.69, 9.17) is 15.1 Å². The second kappa shape index (κ2) is 5.70. The molecule has 2 rings (SSSR count). The summed E-state index contributed by atoms with van der Waals surface area (Å²) < 4.78 is 5.76. The van der Waals surface area contributed by atoms with Gasteiger partial charge in [0.2, 0.25) is 0 Å². The number of carboxylic acid groups (broad SMARTS) is 1. The summed E-state index contributed by atoms with van der Waals surface area (Å²) in [5, 5.41) is 18.1. The summed E-state index contributed by atoms with van der Waals surface area (Å²) in [6.07, 6.45) is 2.71. The van der Waals surface area contributed by atoms with E-state index in [2.05, 4.69) is 4.98 Å². The summed E-state index contributed by atoms with van der Waals surface area (Å²) in [5.41, 5.74) is 1.02. The molecule has 0 unspecified atom stereocenters. The van der Waals surface area contributed by atoms with Gasteiger partial charge in [-0.2, -0.15) is 5.26 Å². The van der Waals surface area contributed by atoms with E-state index in [0.29, 0.717) is 18.6 Å². The molecule has 1 N–H and O–H groups in total. The molecule has 5 heteroatoms. The number of carbonyl (C=O) groups is 1. The van der Waals surface area contributed by atoms with E-state index in [9.17, 15) is 4.79 Å². The second-order valence-corrected chi connectivity index (χ2v) is 4.85. The minimum absolute atomic E-state index is 0.147. The molecule has 1 fully saturated rings. The quantitative estimate of drug-likeness (QED) is 0.901. The van der Waals surface area contributed by atoms with Crippen LogP contribution in [0.4, 0.5) is 0 Å². The summed E-state index contributed by atoms with van der Waals surface area (Å²) in [6, 6.07) is 5.52. The van der Waals surface area contributed by atoms with Gasteiger partial charge in [0, 0.05) is 5.69 Å². The number of aryl methyl sites for hydroxylation is 1. The zero-order chi connectivity index (χ0) is 13.8. The van der Waals surface area contributed by atoms with E-state index < -0.39 is 5.97 Å². The molecule has 1 saturated carbocycles. The van der Waals surface area contributed by atoms with Gasteiger partial charge in [-0.1, -0.05) is 0 Å². The number of aromatic nitrogens is 1. The van der Waals surface area contributed by atoms with Crippen LogP contribution in [0.5, 0.6) is 5.75 Å². The third-order valence-corrected chi connectivity index (χ3v) is 3.37. The van der Waals surface area contributed by atoms with Crippen LogP contribution in [0.1, 0.15) is 37.1 Å². The first-order valence-corrected chi connectivity index (χ1v) is 6.37. The highest BCUT2D eigenvalue weighted by Crippen LogP contribution is 2.29. The molecule has 0 bridgehead atoms. The molecule has 1 aromatic rings. The van der Waals surface area contributed by atoms with Crippen LogP contribution in [-0.2, 0) is 4.79 Å². The average molecular weight is 260 g/mol. The van der Waals surface area contributed by atoms with Gasteiger partial charge in [-0.25, -0.2) is 4.98 Å². The fourth-order valence-corrected chi connectivity index (χ4v) is 2.37. The van der Waals surface area contributed by atoms with Gasteiger partial charge in [0.15, 0.2) is 11.4 Å². The molecule has 0 aromatic carbocycles. The van der Waals surface area contributed by atoms with Gasteiger partial charge in [0.05, 0.1) is 12.0 Å². The Labute approximate surface area is 111 Å². The van der Waals surface area contributed by atoms with Crippen LogP contribution in [-0.4, -0.2) is 22.2 Å². The van der Waals surface area contributed by atoms with Crippen LogP contribution in [0.3, 0.4) is 0 Å². The van der Waals surface area contributed by atoms with Crippen molar-refractivity contribution in [1.82, 2.24) is 4.98 Å². The fourth-order valence-electron chi connectivity index (χ4n) is 2.37. The largest absolute Gasteiger partial charge is 0.487 e. The minimum atomic E-state index is -0.768. The van der Waals surface area contributed by atoms with Crippen molar-refractivity contribution >= 4 is 5.97 Å². The molecule has 0 aliphatic heterocycles. The molecule has 19 heavy (non-hydrogen) atoms. The number of hydrogen-bond donors (Lipinski definition) is 1. The first kappa shape index (κ1) is 13.3. The van der Waals surface area contributed by atoms with E-state index in [1.807, 2.05) is 13.0 Å². The van der Waals surface area contributed by atoms with Gasteiger partial charge in [0.25, 0.3) is 0 Å². The van der Waals surface area contributed by atoms with E-state index in [-0.39, 0.29) is 17.7 Å². The first-order chi connectivity index (χ1) is 9.10. The highest BCUT2D eigenvalue weighted by molar-refractivity contribution is 5.70. The van der Waals surface area contributed by atoms with Crippen LogP contribution < -0.4 is 4.74 Å². The monoisotopic (exact) mass is 260 g/mol. The molecule has 0 amide bonds. The maximum absolute atomic E-state index is 11.0. The normalized spacial score (nSPS) is 22.5. The third kappa shape index (κ3) is 3.22. The summed E-state index contributed by atoms with van der Waals surface area (Å²) >= 11 is 0. The lowest BCUT2D eigenvalue weighted by Crippen LogP contribution is -2.29. The third-order valence-electron chi connectivity index (χ3n) is 3.37. The number of hydrogen-bond acceptors (Lipinski definition) is 4. The maximum Gasteiger partial charge on any atom is 0.306 e. The Hall–Kier alpha value is -2.09. The van der Waals surface area contributed by atoms with Crippen molar-refractivity contribution in [3.05, 3.63) is 23.5 Å². The number of rotatable bonds is 3. The number of pyridine rings is 1. The van der Waals surface area contributed by atoms with Crippen molar-refractivity contribution in [2.75, 3.05) is 0 Å². The number of carboxylic acids is 1. The number of nitrogens with zero attached hydrogens (tertiary/aromatic N) is 2. The van der Waals surface area contributed by atoms with Crippen molar-refractivity contribution < 1.29 is 14.6 Å². The number of aliphatic carboxylic acids is 1. The zero-order valence-electron chi connectivity index (χ0n) is 10.8. The average Bonchev–Trinajstić information content (AvgIpc) is 2.41. The Morgan fingerprint density at radius 3 is 3.00 bits per heavy atom. The highest BCUT2D eigenvalue weighted by Gasteiger charge is 2.28. The minimum Gasteiger partial charge on any atom is -0.487 e. The smallest absolute Gasteiger partial charge is 0.306 e. The van der Waals surface area contributed by atoms with Crippen LogP contribution in [0.2, 0.25) is 0 Å². The van der Waals surface area contributed by atoms with Gasteiger partial charge in [-0.3, -0.25) is 4.79 Å². The van der Waals surface area contributed by atoms with Crippen LogP contribution in [0, 0.1) is 24.2 Å². The molecule has 0 saturated heterocycles. The molecule has 1 aromatic heterocycles. The van der Waals surface area contributed by atoms with Crippen molar-refractivity contribution in [1.29, 1.82) is 5.26 Å². The van der Waals surface area contributed by atoms with Crippen LogP contribution >= 0.6 is 0 Å². The van der Waals surface area contributed by atoms with Crippen molar-refractivity contribution in [2.24, 2.45) is 5.92 Å². The zero-order valence-corrected chi connectivity index (χ0v) is 10.8. The van der Waals surface area contributed by atoms with E-state index in [1.54, 1.807) is 12.1 Å². The van der Waals surface area contributed by atoms with E-state index >= 15 is 0 Å². The Morgan fingerprint density at radius 2 is 2.32 bits per heavy atom. The Morgan fingerprint density at radius 1 is 1.53 bits per heavy atom. The molecule has 0 radical (unpaired) electrons. The topological polar surface area (TPSA) is 83.2 Å². The van der Waals surface area contributed by atoms with Crippen LogP contribution in [0.15, 0.2) is 12.1 Å². The van der Waals surface area contributed by atoms with Crippen molar-refractivity contribution in [3.8, 4) is 11.8 Å².